The Morgan fingerprint density at radius 2 is 1.17 bits per heavy atom. The number of halogens is 1. The molecule has 120 valence electrons. The molecule has 0 atom stereocenters. The summed E-state index contributed by atoms with van der Waals surface area (Å²) in [4.78, 5) is 6.39. The number of pyridine rings is 1. The molecule has 0 radical (unpaired) electrons. The monoisotopic (exact) mass is 328 g/mol. The summed E-state index contributed by atoms with van der Waals surface area (Å²) in [6.45, 7) is 0. The molecule has 0 aliphatic rings. The molecular formula is C19H21ClN2O. The largest absolute Gasteiger partial charge is 0.412 e. The number of nitrogens with zero attached hydrogens (tertiary/aromatic N) is 2. The third-order valence-corrected chi connectivity index (χ3v) is 3.69. The first-order valence-corrected chi connectivity index (χ1v) is 7.09. The number of hydrogen-bond acceptors (Lipinski definition) is 2. The number of benzene rings is 2. The summed E-state index contributed by atoms with van der Waals surface area (Å²) in [5, 5.41) is 0. The SMILES string of the molecule is CN(c1ccncc1)C(c1ccccc1)c1ccccc1.Cl.O. The molecule has 0 unspecified atom stereocenters. The van der Waals surface area contributed by atoms with Gasteiger partial charge >= 0.3 is 0 Å². The van der Waals surface area contributed by atoms with Crippen LogP contribution in [-0.2, 0) is 0 Å². The quantitative estimate of drug-likeness (QED) is 0.729. The zero-order valence-corrected chi connectivity index (χ0v) is 13.8. The third kappa shape index (κ3) is 4.31. The van der Waals surface area contributed by atoms with E-state index in [9.17, 15) is 0 Å². The Morgan fingerprint density at radius 1 is 0.739 bits per heavy atom. The van der Waals surface area contributed by atoms with E-state index in [-0.39, 0.29) is 23.9 Å². The molecule has 2 aromatic carbocycles. The average Bonchev–Trinajstić information content (AvgIpc) is 2.58. The van der Waals surface area contributed by atoms with E-state index in [1.165, 1.54) is 11.1 Å². The first-order chi connectivity index (χ1) is 10.4. The van der Waals surface area contributed by atoms with Crippen LogP contribution in [0.3, 0.4) is 0 Å². The molecule has 0 aliphatic heterocycles. The second-order valence-corrected chi connectivity index (χ2v) is 5.04. The van der Waals surface area contributed by atoms with E-state index in [0.29, 0.717) is 0 Å². The molecule has 23 heavy (non-hydrogen) atoms. The predicted molar refractivity (Wildman–Crippen MR) is 98.2 cm³/mol. The minimum atomic E-state index is 0. The van der Waals surface area contributed by atoms with Crippen LogP contribution in [-0.4, -0.2) is 17.5 Å². The van der Waals surface area contributed by atoms with Crippen LogP contribution in [0.5, 0.6) is 0 Å². The fraction of sp³-hybridized carbons (Fsp3) is 0.105. The van der Waals surface area contributed by atoms with Gasteiger partial charge in [0.25, 0.3) is 0 Å². The number of aromatic nitrogens is 1. The van der Waals surface area contributed by atoms with Crippen LogP contribution in [0.2, 0.25) is 0 Å². The number of anilines is 1. The van der Waals surface area contributed by atoms with E-state index in [1.54, 1.807) is 0 Å². The summed E-state index contributed by atoms with van der Waals surface area (Å²) in [7, 11) is 2.12. The lowest BCUT2D eigenvalue weighted by Gasteiger charge is -2.31. The fourth-order valence-corrected chi connectivity index (χ4v) is 2.64. The zero-order valence-electron chi connectivity index (χ0n) is 13.0. The Labute approximate surface area is 143 Å². The van der Waals surface area contributed by atoms with Crippen LogP contribution in [0.1, 0.15) is 17.2 Å². The van der Waals surface area contributed by atoms with Gasteiger partial charge in [-0.25, -0.2) is 0 Å². The molecule has 1 heterocycles. The van der Waals surface area contributed by atoms with Crippen molar-refractivity contribution in [2.45, 2.75) is 6.04 Å². The molecule has 0 saturated carbocycles. The van der Waals surface area contributed by atoms with Gasteiger partial charge in [0.05, 0.1) is 6.04 Å². The Morgan fingerprint density at radius 3 is 1.61 bits per heavy atom. The van der Waals surface area contributed by atoms with Gasteiger partial charge in [-0.15, -0.1) is 12.4 Å². The van der Waals surface area contributed by atoms with Gasteiger partial charge in [0.1, 0.15) is 0 Å². The van der Waals surface area contributed by atoms with Crippen molar-refractivity contribution >= 4 is 18.1 Å². The van der Waals surface area contributed by atoms with Crippen LogP contribution in [0.25, 0.3) is 0 Å². The molecule has 4 heteroatoms. The molecule has 3 nitrogen and oxygen atoms in total. The molecule has 1 aromatic heterocycles. The van der Waals surface area contributed by atoms with E-state index in [2.05, 4.69) is 77.6 Å². The van der Waals surface area contributed by atoms with E-state index in [1.807, 2.05) is 24.5 Å². The van der Waals surface area contributed by atoms with Gasteiger partial charge in [0.2, 0.25) is 0 Å². The van der Waals surface area contributed by atoms with Gasteiger partial charge in [-0.2, -0.15) is 0 Å². The maximum absolute atomic E-state index is 4.11. The predicted octanol–water partition coefficient (Wildman–Crippen LogP) is 3.90. The van der Waals surface area contributed by atoms with Crippen molar-refractivity contribution in [1.29, 1.82) is 0 Å². The van der Waals surface area contributed by atoms with Crippen molar-refractivity contribution in [2.24, 2.45) is 0 Å². The Hall–Kier alpha value is -2.36. The highest BCUT2D eigenvalue weighted by Crippen LogP contribution is 2.31. The van der Waals surface area contributed by atoms with E-state index >= 15 is 0 Å². The van der Waals surface area contributed by atoms with E-state index in [0.717, 1.165) is 5.69 Å². The fourth-order valence-electron chi connectivity index (χ4n) is 2.64. The molecule has 0 spiro atoms. The second-order valence-electron chi connectivity index (χ2n) is 5.04. The van der Waals surface area contributed by atoms with Crippen LogP contribution in [0.4, 0.5) is 5.69 Å². The minimum absolute atomic E-state index is 0. The molecule has 3 rings (SSSR count). The van der Waals surface area contributed by atoms with Gasteiger partial charge in [-0.1, -0.05) is 60.7 Å². The molecule has 0 amide bonds. The number of hydrogen-bond donors (Lipinski definition) is 0. The van der Waals surface area contributed by atoms with Gasteiger partial charge < -0.3 is 10.4 Å². The highest BCUT2D eigenvalue weighted by Gasteiger charge is 2.19. The maximum Gasteiger partial charge on any atom is 0.0792 e. The summed E-state index contributed by atoms with van der Waals surface area (Å²) in [6.07, 6.45) is 3.66. The van der Waals surface area contributed by atoms with E-state index < -0.39 is 0 Å². The standard InChI is InChI=1S/C19H18N2.ClH.H2O/c1-21(18-12-14-20-15-13-18)19(16-8-4-2-5-9-16)17-10-6-3-7-11-17;;/h2-15,19H,1H3;1H;1H2. The van der Waals surface area contributed by atoms with Crippen molar-refractivity contribution in [3.63, 3.8) is 0 Å². The lowest BCUT2D eigenvalue weighted by atomic mass is 9.97. The molecule has 0 saturated heterocycles. The smallest absolute Gasteiger partial charge is 0.0792 e. The molecule has 3 aromatic rings. The summed E-state index contributed by atoms with van der Waals surface area (Å²) in [6, 6.07) is 25.4. The highest BCUT2D eigenvalue weighted by molar-refractivity contribution is 5.85. The summed E-state index contributed by atoms with van der Waals surface area (Å²) >= 11 is 0. The van der Waals surface area contributed by atoms with Crippen LogP contribution in [0, 0.1) is 0 Å². The Bertz CT molecular complexity index is 638. The van der Waals surface area contributed by atoms with Crippen molar-refractivity contribution in [3.8, 4) is 0 Å². The van der Waals surface area contributed by atoms with Crippen LogP contribution >= 0.6 is 12.4 Å². The third-order valence-electron chi connectivity index (χ3n) is 3.69. The molecule has 2 N–H and O–H groups in total. The maximum atomic E-state index is 4.11. The van der Waals surface area contributed by atoms with Gasteiger partial charge in [-0.05, 0) is 23.3 Å². The molecule has 0 fully saturated rings. The summed E-state index contributed by atoms with van der Waals surface area (Å²) in [5.74, 6) is 0. The van der Waals surface area contributed by atoms with Gasteiger partial charge in [-0.3, -0.25) is 4.98 Å². The highest BCUT2D eigenvalue weighted by atomic mass is 35.5. The second kappa shape index (κ2) is 8.93. The van der Waals surface area contributed by atoms with Crippen LogP contribution < -0.4 is 4.90 Å². The Balaban J connectivity index is 0.00000132. The topological polar surface area (TPSA) is 47.6 Å². The van der Waals surface area contributed by atoms with E-state index in [4.69, 9.17) is 0 Å². The van der Waals surface area contributed by atoms with Crippen LogP contribution in [0.15, 0.2) is 85.2 Å². The normalized spacial score (nSPS) is 9.65. The van der Waals surface area contributed by atoms with Crippen molar-refractivity contribution in [3.05, 3.63) is 96.3 Å². The lowest BCUT2D eigenvalue weighted by molar-refractivity contribution is 0.782. The van der Waals surface area contributed by atoms with Gasteiger partial charge in [0.15, 0.2) is 0 Å². The summed E-state index contributed by atoms with van der Waals surface area (Å²) in [5.41, 5.74) is 3.72. The first-order valence-electron chi connectivity index (χ1n) is 7.09. The van der Waals surface area contributed by atoms with Crippen molar-refractivity contribution in [1.82, 2.24) is 4.98 Å². The average molecular weight is 329 g/mol. The summed E-state index contributed by atoms with van der Waals surface area (Å²) < 4.78 is 0. The van der Waals surface area contributed by atoms with Crippen molar-refractivity contribution < 1.29 is 5.48 Å². The zero-order chi connectivity index (χ0) is 14.5. The Kier molecular flexibility index (Phi) is 7.26. The molecular weight excluding hydrogens is 308 g/mol. The minimum Gasteiger partial charge on any atom is -0.412 e. The van der Waals surface area contributed by atoms with Gasteiger partial charge in [0, 0.05) is 25.1 Å². The molecule has 0 aliphatic carbocycles. The number of rotatable bonds is 4. The first kappa shape index (κ1) is 18.7. The molecule has 0 bridgehead atoms. The lowest BCUT2D eigenvalue weighted by Crippen LogP contribution is -2.25. The van der Waals surface area contributed by atoms with Crippen molar-refractivity contribution in [2.75, 3.05) is 11.9 Å².